The molecule has 2 atom stereocenters. The summed E-state index contributed by atoms with van der Waals surface area (Å²) in [5.41, 5.74) is 5.90. The van der Waals surface area contributed by atoms with Crippen LogP contribution < -0.4 is 11.1 Å². The number of unbranched alkanes of at least 4 members (excludes halogenated alkanes) is 38. The number of rotatable bonds is 52. The van der Waals surface area contributed by atoms with E-state index in [0.717, 1.165) is 51.4 Å². The Balaban J connectivity index is 3.83. The second-order valence-corrected chi connectivity index (χ2v) is 19.8. The summed E-state index contributed by atoms with van der Waals surface area (Å²) in [7, 11) is 0. The van der Waals surface area contributed by atoms with Crippen molar-refractivity contribution in [2.75, 3.05) is 0 Å². The van der Waals surface area contributed by atoms with E-state index in [1.165, 1.54) is 238 Å². The zero-order valence-electron chi connectivity index (χ0n) is 42.6. The van der Waals surface area contributed by atoms with Crippen molar-refractivity contribution in [1.82, 2.24) is 5.32 Å². The van der Waals surface area contributed by atoms with Crippen LogP contribution >= 0.6 is 0 Å². The molecule has 0 aromatic carbocycles. The Morgan fingerprint density at radius 3 is 0.984 bits per heavy atom. The molecule has 0 radical (unpaired) electrons. The van der Waals surface area contributed by atoms with E-state index < -0.39 is 0 Å². The number of carbonyl (C=O) groups excluding carboxylic acids is 2. The van der Waals surface area contributed by atoms with Crippen molar-refractivity contribution in [3.63, 3.8) is 0 Å². The third kappa shape index (κ3) is 47.9. The topological polar surface area (TPSA) is 72.2 Å². The van der Waals surface area contributed by atoms with Gasteiger partial charge in [0.2, 0.25) is 11.8 Å². The molecule has 0 bridgehead atoms. The summed E-state index contributed by atoms with van der Waals surface area (Å²) in [6.07, 6.45) is 69.8. The van der Waals surface area contributed by atoms with Crippen LogP contribution in [0.1, 0.15) is 323 Å². The highest BCUT2D eigenvalue weighted by Gasteiger charge is 2.22. The molecule has 3 N–H and O–H groups in total. The van der Waals surface area contributed by atoms with Gasteiger partial charge in [-0.25, -0.2) is 0 Å². The number of carbonyl (C=O) groups is 2. The van der Waals surface area contributed by atoms with Gasteiger partial charge in [0, 0.05) is 18.4 Å². The highest BCUT2D eigenvalue weighted by molar-refractivity contribution is 5.77. The van der Waals surface area contributed by atoms with E-state index in [-0.39, 0.29) is 23.8 Å². The Morgan fingerprint density at radius 2 is 0.661 bits per heavy atom. The number of hydrogen-bond acceptors (Lipinski definition) is 2. The molecule has 2 unspecified atom stereocenters. The number of nitrogens with one attached hydrogen (secondary N) is 1. The predicted molar refractivity (Wildman–Crippen MR) is 277 cm³/mol. The summed E-state index contributed by atoms with van der Waals surface area (Å²) in [4.78, 5) is 25.3. The quantitative estimate of drug-likeness (QED) is 0.0472. The minimum absolute atomic E-state index is 0.0566. The lowest BCUT2D eigenvalue weighted by molar-refractivity contribution is -0.124. The third-order valence-corrected chi connectivity index (χ3v) is 13.5. The molecule has 0 aliphatic rings. The van der Waals surface area contributed by atoms with E-state index in [4.69, 9.17) is 5.73 Å². The molecular weight excluding hydrogens is 757 g/mol. The van der Waals surface area contributed by atoms with Gasteiger partial charge in [-0.3, -0.25) is 9.59 Å². The summed E-state index contributed by atoms with van der Waals surface area (Å²) in [5, 5.41) is 3.30. The second-order valence-electron chi connectivity index (χ2n) is 19.8. The highest BCUT2D eigenvalue weighted by Crippen LogP contribution is 2.21. The third-order valence-electron chi connectivity index (χ3n) is 13.5. The molecular formula is C58H112N2O2. The number of nitrogens with two attached hydrogens (primary N) is 1. The van der Waals surface area contributed by atoms with E-state index in [9.17, 15) is 9.59 Å². The molecule has 366 valence electrons. The molecule has 2 amide bonds. The number of allylic oxidation sites excluding steroid dienone is 4. The van der Waals surface area contributed by atoms with Gasteiger partial charge in [0.25, 0.3) is 0 Å². The van der Waals surface area contributed by atoms with Gasteiger partial charge in [0.1, 0.15) is 0 Å². The van der Waals surface area contributed by atoms with Crippen LogP contribution in [0.25, 0.3) is 0 Å². The van der Waals surface area contributed by atoms with E-state index in [0.29, 0.717) is 12.8 Å². The SMILES string of the molecule is CCCCCCCCCCCCCCCC/C=C\CCCCCCCC(=O)NC(CCCC)CC(CCCCCC/C=C\CCCCCCCCCCCCCCCC)C(N)=O. The molecule has 4 heteroatoms. The molecule has 0 fully saturated rings. The Bertz CT molecular complexity index is 959. The fourth-order valence-electron chi connectivity index (χ4n) is 9.19. The fourth-order valence-corrected chi connectivity index (χ4v) is 9.19. The molecule has 0 aromatic rings. The lowest BCUT2D eigenvalue weighted by Crippen LogP contribution is -2.38. The van der Waals surface area contributed by atoms with Crippen LogP contribution in [0, 0.1) is 5.92 Å². The lowest BCUT2D eigenvalue weighted by Gasteiger charge is -2.23. The monoisotopic (exact) mass is 869 g/mol. The Kier molecular flexibility index (Phi) is 50.7. The number of hydrogen-bond donors (Lipinski definition) is 2. The summed E-state index contributed by atoms with van der Waals surface area (Å²) in [6, 6.07) is 0.0566. The summed E-state index contributed by atoms with van der Waals surface area (Å²) < 4.78 is 0. The van der Waals surface area contributed by atoms with Crippen LogP contribution in [0.4, 0.5) is 0 Å². The van der Waals surface area contributed by atoms with Gasteiger partial charge in [0.15, 0.2) is 0 Å². The van der Waals surface area contributed by atoms with Gasteiger partial charge in [-0.05, 0) is 77.0 Å². The van der Waals surface area contributed by atoms with Crippen molar-refractivity contribution in [3.05, 3.63) is 24.3 Å². The molecule has 4 nitrogen and oxygen atoms in total. The molecule has 0 aliphatic carbocycles. The molecule has 0 aromatic heterocycles. The molecule has 0 rings (SSSR count). The van der Waals surface area contributed by atoms with Gasteiger partial charge in [-0.15, -0.1) is 0 Å². The van der Waals surface area contributed by atoms with E-state index >= 15 is 0 Å². The fraction of sp³-hybridized carbons (Fsp3) is 0.897. The zero-order valence-corrected chi connectivity index (χ0v) is 42.6. The first-order chi connectivity index (χ1) is 30.5. The molecule has 0 spiro atoms. The van der Waals surface area contributed by atoms with Crippen molar-refractivity contribution in [1.29, 1.82) is 0 Å². The molecule has 0 aliphatic heterocycles. The van der Waals surface area contributed by atoms with Crippen molar-refractivity contribution >= 4 is 11.8 Å². The smallest absolute Gasteiger partial charge is 0.220 e. The minimum Gasteiger partial charge on any atom is -0.369 e. The van der Waals surface area contributed by atoms with Crippen molar-refractivity contribution in [2.45, 2.75) is 329 Å². The molecule has 62 heavy (non-hydrogen) atoms. The number of amides is 2. The van der Waals surface area contributed by atoms with Crippen LogP contribution in [-0.4, -0.2) is 17.9 Å². The zero-order chi connectivity index (χ0) is 45.1. The first kappa shape index (κ1) is 60.4. The average Bonchev–Trinajstić information content (AvgIpc) is 3.26. The van der Waals surface area contributed by atoms with E-state index in [1.807, 2.05) is 0 Å². The number of primary amides is 1. The first-order valence-corrected chi connectivity index (χ1v) is 28.4. The maximum Gasteiger partial charge on any atom is 0.220 e. The molecule has 0 saturated carbocycles. The molecule has 0 saturated heterocycles. The van der Waals surface area contributed by atoms with Crippen LogP contribution in [0.5, 0.6) is 0 Å². The maximum atomic E-state index is 12.9. The standard InChI is InChI=1S/C58H112N2O2/c1-4-7-10-12-14-16-18-20-22-24-26-28-30-32-34-36-38-40-42-44-46-48-50-53-57(61)60-56(52-9-6-3)54-55(58(59)62)51-49-47-45-43-41-39-37-35-33-31-29-27-25-23-21-19-17-15-13-11-8-5-2/h36-39,55-56H,4-35,40-54H2,1-3H3,(H2,59,62)(H,60,61)/b38-36-,39-37-. The molecule has 0 heterocycles. The normalized spacial score (nSPS) is 12.8. The van der Waals surface area contributed by atoms with Gasteiger partial charge in [0.05, 0.1) is 0 Å². The maximum absolute atomic E-state index is 12.9. The second kappa shape index (κ2) is 52.0. The average molecular weight is 870 g/mol. The Labute approximate surface area is 389 Å². The van der Waals surface area contributed by atoms with Crippen molar-refractivity contribution in [3.8, 4) is 0 Å². The van der Waals surface area contributed by atoms with E-state index in [2.05, 4.69) is 50.4 Å². The van der Waals surface area contributed by atoms with Gasteiger partial charge < -0.3 is 11.1 Å². The summed E-state index contributed by atoms with van der Waals surface area (Å²) in [6.45, 7) is 6.78. The Morgan fingerprint density at radius 1 is 0.371 bits per heavy atom. The van der Waals surface area contributed by atoms with Crippen LogP contribution in [0.2, 0.25) is 0 Å². The summed E-state index contributed by atoms with van der Waals surface area (Å²) >= 11 is 0. The first-order valence-electron chi connectivity index (χ1n) is 28.4. The largest absolute Gasteiger partial charge is 0.369 e. The highest BCUT2D eigenvalue weighted by atomic mass is 16.2. The van der Waals surface area contributed by atoms with Crippen LogP contribution in [0.15, 0.2) is 24.3 Å². The van der Waals surface area contributed by atoms with Crippen LogP contribution in [-0.2, 0) is 9.59 Å². The predicted octanol–water partition coefficient (Wildman–Crippen LogP) is 19.1. The summed E-state index contributed by atoms with van der Waals surface area (Å²) in [5.74, 6) is -0.189. The van der Waals surface area contributed by atoms with Gasteiger partial charge in [-0.2, -0.15) is 0 Å². The van der Waals surface area contributed by atoms with Crippen molar-refractivity contribution < 1.29 is 9.59 Å². The Hall–Kier alpha value is -1.58. The van der Waals surface area contributed by atoms with Crippen LogP contribution in [0.3, 0.4) is 0 Å². The van der Waals surface area contributed by atoms with E-state index in [1.54, 1.807) is 0 Å². The van der Waals surface area contributed by atoms with Gasteiger partial charge in [-0.1, -0.05) is 263 Å². The minimum atomic E-state index is -0.197. The van der Waals surface area contributed by atoms with Crippen molar-refractivity contribution in [2.24, 2.45) is 11.7 Å². The lowest BCUT2D eigenvalue weighted by atomic mass is 9.90. The van der Waals surface area contributed by atoms with Gasteiger partial charge >= 0.3 is 0 Å².